The van der Waals surface area contributed by atoms with Crippen LogP contribution in [0.2, 0.25) is 0 Å². The summed E-state index contributed by atoms with van der Waals surface area (Å²) in [7, 11) is 0. The molecule has 0 amide bonds. The van der Waals surface area contributed by atoms with E-state index in [-0.39, 0.29) is 0 Å². The number of rotatable bonds is 3. The van der Waals surface area contributed by atoms with Crippen LogP contribution in [0.5, 0.6) is 0 Å². The van der Waals surface area contributed by atoms with Crippen molar-refractivity contribution in [1.82, 2.24) is 14.5 Å². The predicted octanol–water partition coefficient (Wildman–Crippen LogP) is 4.66. The molecule has 3 rings (SSSR count). The van der Waals surface area contributed by atoms with Crippen LogP contribution in [-0.2, 0) is 6.42 Å². The Morgan fingerprint density at radius 1 is 1.33 bits per heavy atom. The summed E-state index contributed by atoms with van der Waals surface area (Å²) >= 11 is 5.99. The predicted molar refractivity (Wildman–Crippen MR) is 88.0 cm³/mol. The van der Waals surface area contributed by atoms with Gasteiger partial charge in [0.1, 0.15) is 11.3 Å². The van der Waals surface area contributed by atoms with E-state index >= 15 is 0 Å². The Balaban J connectivity index is 2.09. The van der Waals surface area contributed by atoms with Gasteiger partial charge in [-0.2, -0.15) is 0 Å². The number of hydrogen-bond acceptors (Lipinski definition) is 2. The molecular formula is C17H24ClN3. The Hall–Kier alpha value is -1.09. The van der Waals surface area contributed by atoms with Crippen molar-refractivity contribution in [3.8, 4) is 0 Å². The van der Waals surface area contributed by atoms with Crippen molar-refractivity contribution < 1.29 is 0 Å². The minimum absolute atomic E-state index is 0.404. The number of aromatic nitrogens is 3. The van der Waals surface area contributed by atoms with E-state index in [1.54, 1.807) is 0 Å². The van der Waals surface area contributed by atoms with E-state index in [4.69, 9.17) is 21.6 Å². The molecule has 114 valence electrons. The number of hydrogen-bond donors (Lipinski definition) is 0. The second-order valence-electron chi connectivity index (χ2n) is 7.05. The summed E-state index contributed by atoms with van der Waals surface area (Å²) in [6.45, 7) is 6.79. The zero-order valence-corrected chi connectivity index (χ0v) is 14.0. The maximum Gasteiger partial charge on any atom is 0.160 e. The highest BCUT2D eigenvalue weighted by Crippen LogP contribution is 2.42. The smallest absolute Gasteiger partial charge is 0.160 e. The molecule has 0 aromatic carbocycles. The van der Waals surface area contributed by atoms with Crippen LogP contribution in [0.15, 0.2) is 12.1 Å². The summed E-state index contributed by atoms with van der Waals surface area (Å²) in [5.41, 5.74) is 3.50. The molecule has 3 nitrogen and oxygen atoms in total. The molecule has 0 spiro atoms. The molecule has 1 atom stereocenters. The molecule has 1 aliphatic rings. The third-order valence-corrected chi connectivity index (χ3v) is 4.80. The Labute approximate surface area is 131 Å². The normalized spacial score (nSPS) is 21.8. The molecule has 21 heavy (non-hydrogen) atoms. The lowest BCUT2D eigenvalue weighted by molar-refractivity contribution is 0.183. The summed E-state index contributed by atoms with van der Waals surface area (Å²) < 4.78 is 2.38. The van der Waals surface area contributed by atoms with Gasteiger partial charge in [-0.15, -0.1) is 11.6 Å². The average Bonchev–Trinajstić information content (AvgIpc) is 2.75. The summed E-state index contributed by atoms with van der Waals surface area (Å²) in [6, 6.07) is 4.63. The van der Waals surface area contributed by atoms with Crippen molar-refractivity contribution in [2.24, 2.45) is 5.41 Å². The van der Waals surface area contributed by atoms with Crippen LogP contribution < -0.4 is 0 Å². The summed E-state index contributed by atoms with van der Waals surface area (Å²) in [4.78, 5) is 9.54. The van der Waals surface area contributed by atoms with E-state index in [2.05, 4.69) is 24.5 Å². The van der Waals surface area contributed by atoms with Crippen molar-refractivity contribution >= 4 is 22.8 Å². The van der Waals surface area contributed by atoms with Crippen molar-refractivity contribution in [3.63, 3.8) is 0 Å². The van der Waals surface area contributed by atoms with Crippen LogP contribution in [0.4, 0.5) is 0 Å². The number of alkyl halides is 1. The zero-order chi connectivity index (χ0) is 15.0. The molecular weight excluding hydrogens is 282 g/mol. The standard InChI is InChI=1S/C17H24ClN3/c1-12-6-7-14-16(19-12)21(15(20-14)8-10-18)13-5-4-9-17(2,3)11-13/h6-7,13H,4-5,8-11H2,1-3H3. The lowest BCUT2D eigenvalue weighted by Gasteiger charge is -2.36. The van der Waals surface area contributed by atoms with Gasteiger partial charge in [-0.05, 0) is 43.7 Å². The minimum Gasteiger partial charge on any atom is -0.310 e. The fraction of sp³-hybridized carbons (Fsp3) is 0.647. The van der Waals surface area contributed by atoms with Crippen LogP contribution in [0.25, 0.3) is 11.2 Å². The first-order valence-corrected chi connectivity index (χ1v) is 8.44. The fourth-order valence-corrected chi connectivity index (χ4v) is 3.81. The highest BCUT2D eigenvalue weighted by Gasteiger charge is 2.31. The Bertz CT molecular complexity index is 645. The summed E-state index contributed by atoms with van der Waals surface area (Å²) in [6.07, 6.45) is 5.83. The number of nitrogens with zero attached hydrogens (tertiary/aromatic N) is 3. The van der Waals surface area contributed by atoms with Crippen LogP contribution in [0.3, 0.4) is 0 Å². The zero-order valence-electron chi connectivity index (χ0n) is 13.2. The third-order valence-electron chi connectivity index (χ3n) is 4.61. The first kappa shape index (κ1) is 14.8. The Kier molecular flexibility index (Phi) is 3.96. The molecule has 2 aromatic rings. The van der Waals surface area contributed by atoms with Crippen molar-refractivity contribution in [3.05, 3.63) is 23.7 Å². The van der Waals surface area contributed by atoms with Gasteiger partial charge >= 0.3 is 0 Å². The van der Waals surface area contributed by atoms with Gasteiger partial charge in [0.25, 0.3) is 0 Å². The lowest BCUT2D eigenvalue weighted by Crippen LogP contribution is -2.26. The number of aryl methyl sites for hydroxylation is 2. The van der Waals surface area contributed by atoms with Crippen LogP contribution in [0.1, 0.15) is 57.1 Å². The Morgan fingerprint density at radius 3 is 2.86 bits per heavy atom. The van der Waals surface area contributed by atoms with Crippen LogP contribution in [0, 0.1) is 12.3 Å². The first-order chi connectivity index (χ1) is 10.00. The van der Waals surface area contributed by atoms with Crippen LogP contribution >= 0.6 is 11.6 Å². The van der Waals surface area contributed by atoms with E-state index in [0.29, 0.717) is 17.3 Å². The maximum atomic E-state index is 5.99. The molecule has 0 N–H and O–H groups in total. The molecule has 4 heteroatoms. The van der Waals surface area contributed by atoms with Gasteiger partial charge in [-0.1, -0.05) is 20.3 Å². The van der Waals surface area contributed by atoms with Crippen molar-refractivity contribution in [1.29, 1.82) is 0 Å². The minimum atomic E-state index is 0.404. The third kappa shape index (κ3) is 2.94. The topological polar surface area (TPSA) is 30.7 Å². The molecule has 2 aromatic heterocycles. The van der Waals surface area contributed by atoms with Gasteiger partial charge in [0.15, 0.2) is 5.65 Å². The molecule has 1 fully saturated rings. The van der Waals surface area contributed by atoms with Crippen molar-refractivity contribution in [2.45, 2.75) is 58.9 Å². The van der Waals surface area contributed by atoms with E-state index in [1.165, 1.54) is 25.7 Å². The Morgan fingerprint density at radius 2 is 2.14 bits per heavy atom. The molecule has 1 aliphatic carbocycles. The maximum absolute atomic E-state index is 5.99. The van der Waals surface area contributed by atoms with Gasteiger partial charge in [0.05, 0.1) is 0 Å². The average molecular weight is 306 g/mol. The number of imidazole rings is 1. The molecule has 1 unspecified atom stereocenters. The quantitative estimate of drug-likeness (QED) is 0.772. The highest BCUT2D eigenvalue weighted by atomic mass is 35.5. The molecule has 1 saturated carbocycles. The largest absolute Gasteiger partial charge is 0.310 e. The van der Waals surface area contributed by atoms with Gasteiger partial charge in [-0.25, -0.2) is 9.97 Å². The number of halogens is 1. The first-order valence-electron chi connectivity index (χ1n) is 7.90. The van der Waals surface area contributed by atoms with E-state index in [0.717, 1.165) is 29.1 Å². The van der Waals surface area contributed by atoms with Crippen molar-refractivity contribution in [2.75, 3.05) is 5.88 Å². The molecule has 0 aliphatic heterocycles. The van der Waals surface area contributed by atoms with E-state index in [1.807, 2.05) is 13.0 Å². The molecule has 0 radical (unpaired) electrons. The summed E-state index contributed by atoms with van der Waals surface area (Å²) in [5.74, 6) is 1.71. The van der Waals surface area contributed by atoms with Gasteiger partial charge in [0, 0.05) is 24.0 Å². The molecule has 0 bridgehead atoms. The number of fused-ring (bicyclic) bond motifs is 1. The van der Waals surface area contributed by atoms with E-state index in [9.17, 15) is 0 Å². The van der Waals surface area contributed by atoms with Gasteiger partial charge in [0.2, 0.25) is 0 Å². The van der Waals surface area contributed by atoms with Gasteiger partial charge in [-0.3, -0.25) is 0 Å². The monoisotopic (exact) mass is 305 g/mol. The lowest BCUT2D eigenvalue weighted by atomic mass is 9.75. The number of pyridine rings is 1. The van der Waals surface area contributed by atoms with Crippen LogP contribution in [-0.4, -0.2) is 20.4 Å². The molecule has 0 saturated heterocycles. The highest BCUT2D eigenvalue weighted by molar-refractivity contribution is 6.17. The van der Waals surface area contributed by atoms with Gasteiger partial charge < -0.3 is 4.57 Å². The second-order valence-corrected chi connectivity index (χ2v) is 7.42. The summed E-state index contributed by atoms with van der Waals surface area (Å²) in [5, 5.41) is 0. The molecule has 2 heterocycles. The van der Waals surface area contributed by atoms with E-state index < -0.39 is 0 Å². The fourth-order valence-electron chi connectivity index (χ4n) is 3.64. The second kappa shape index (κ2) is 5.60. The SMILES string of the molecule is Cc1ccc2nc(CCCl)n(C3CCCC(C)(C)C3)c2n1.